The van der Waals surface area contributed by atoms with Crippen LogP contribution in [0.5, 0.6) is 0 Å². The van der Waals surface area contributed by atoms with Gasteiger partial charge in [-0.2, -0.15) is 0 Å². The molecule has 2 heterocycles. The molecule has 2 amide bonds. The van der Waals surface area contributed by atoms with Crippen LogP contribution in [0.2, 0.25) is 0 Å². The van der Waals surface area contributed by atoms with Crippen molar-refractivity contribution in [3.8, 4) is 0 Å². The summed E-state index contributed by atoms with van der Waals surface area (Å²) in [5.74, 6) is -0.368. The lowest BCUT2D eigenvalue weighted by Gasteiger charge is -2.12. The summed E-state index contributed by atoms with van der Waals surface area (Å²) >= 11 is 2.75. The molecular formula is C17H14N2O2S2. The molecule has 0 aliphatic carbocycles. The van der Waals surface area contributed by atoms with Gasteiger partial charge in [0, 0.05) is 0 Å². The Morgan fingerprint density at radius 1 is 0.826 bits per heavy atom. The maximum absolute atomic E-state index is 12.2. The SMILES string of the molecule is Cc1ccc(NC(=O)c2cccs2)c(NC(=O)c2cccs2)c1. The lowest BCUT2D eigenvalue weighted by molar-refractivity contribution is 0.102. The van der Waals surface area contributed by atoms with E-state index in [0.29, 0.717) is 21.1 Å². The highest BCUT2D eigenvalue weighted by Crippen LogP contribution is 2.25. The minimum Gasteiger partial charge on any atom is -0.319 e. The first-order valence-electron chi connectivity index (χ1n) is 6.94. The number of benzene rings is 1. The number of hydrogen-bond donors (Lipinski definition) is 2. The summed E-state index contributed by atoms with van der Waals surface area (Å²) in [5, 5.41) is 9.42. The van der Waals surface area contributed by atoms with Crippen molar-refractivity contribution in [2.45, 2.75) is 6.92 Å². The maximum atomic E-state index is 12.2. The van der Waals surface area contributed by atoms with Crippen LogP contribution in [0, 0.1) is 6.92 Å². The molecule has 0 aliphatic rings. The van der Waals surface area contributed by atoms with Crippen LogP contribution in [0.1, 0.15) is 24.9 Å². The number of rotatable bonds is 4. The van der Waals surface area contributed by atoms with Crippen molar-refractivity contribution >= 4 is 45.9 Å². The first-order chi connectivity index (χ1) is 11.1. The molecule has 4 nitrogen and oxygen atoms in total. The largest absolute Gasteiger partial charge is 0.319 e. The van der Waals surface area contributed by atoms with E-state index in [4.69, 9.17) is 0 Å². The molecule has 116 valence electrons. The van der Waals surface area contributed by atoms with E-state index in [9.17, 15) is 9.59 Å². The lowest BCUT2D eigenvalue weighted by atomic mass is 10.2. The van der Waals surface area contributed by atoms with Crippen LogP contribution < -0.4 is 10.6 Å². The highest BCUT2D eigenvalue weighted by molar-refractivity contribution is 7.12. The van der Waals surface area contributed by atoms with Gasteiger partial charge in [-0.25, -0.2) is 0 Å². The second-order valence-corrected chi connectivity index (χ2v) is 6.81. The first kappa shape index (κ1) is 15.5. The standard InChI is InChI=1S/C17H14N2O2S2/c1-11-6-7-12(18-16(20)14-4-2-8-22-14)13(10-11)19-17(21)15-5-3-9-23-15/h2-10H,1H3,(H,18,20)(H,19,21). The Bertz CT molecular complexity index is 824. The van der Waals surface area contributed by atoms with E-state index in [1.54, 1.807) is 18.2 Å². The topological polar surface area (TPSA) is 58.2 Å². The van der Waals surface area contributed by atoms with Gasteiger partial charge in [0.25, 0.3) is 11.8 Å². The summed E-state index contributed by atoms with van der Waals surface area (Å²) in [5.41, 5.74) is 2.17. The van der Waals surface area contributed by atoms with Crippen molar-refractivity contribution in [2.75, 3.05) is 10.6 Å². The van der Waals surface area contributed by atoms with Gasteiger partial charge in [-0.05, 0) is 47.5 Å². The Labute approximate surface area is 141 Å². The van der Waals surface area contributed by atoms with E-state index in [2.05, 4.69) is 10.6 Å². The number of amides is 2. The number of carbonyl (C=O) groups excluding carboxylic acids is 2. The molecule has 0 saturated heterocycles. The van der Waals surface area contributed by atoms with Crippen LogP contribution in [-0.2, 0) is 0 Å². The van der Waals surface area contributed by atoms with Crippen molar-refractivity contribution < 1.29 is 9.59 Å². The Balaban J connectivity index is 1.83. The van der Waals surface area contributed by atoms with E-state index in [0.717, 1.165) is 5.56 Å². The Morgan fingerprint density at radius 3 is 1.91 bits per heavy atom. The second-order valence-electron chi connectivity index (χ2n) is 4.91. The number of thiophene rings is 2. The molecular weight excluding hydrogens is 328 g/mol. The highest BCUT2D eigenvalue weighted by atomic mass is 32.1. The minimum absolute atomic E-state index is 0.183. The Morgan fingerprint density at radius 2 is 1.39 bits per heavy atom. The Hall–Kier alpha value is -2.44. The van der Waals surface area contributed by atoms with E-state index >= 15 is 0 Å². The van der Waals surface area contributed by atoms with Crippen LogP contribution in [0.25, 0.3) is 0 Å². The zero-order chi connectivity index (χ0) is 16.2. The molecule has 1 aromatic carbocycles. The van der Waals surface area contributed by atoms with E-state index in [1.807, 2.05) is 41.9 Å². The van der Waals surface area contributed by atoms with Crippen LogP contribution in [-0.4, -0.2) is 11.8 Å². The van der Waals surface area contributed by atoms with Gasteiger partial charge in [0.15, 0.2) is 0 Å². The van der Waals surface area contributed by atoms with Gasteiger partial charge < -0.3 is 10.6 Å². The molecule has 2 N–H and O–H groups in total. The average molecular weight is 342 g/mol. The van der Waals surface area contributed by atoms with Crippen molar-refractivity contribution in [2.24, 2.45) is 0 Å². The van der Waals surface area contributed by atoms with Gasteiger partial charge in [-0.3, -0.25) is 9.59 Å². The molecule has 0 unspecified atom stereocenters. The fourth-order valence-electron chi connectivity index (χ4n) is 2.05. The molecule has 3 rings (SSSR count). The quantitative estimate of drug-likeness (QED) is 0.727. The molecule has 2 aromatic heterocycles. The second kappa shape index (κ2) is 6.76. The predicted molar refractivity (Wildman–Crippen MR) is 95.7 cm³/mol. The molecule has 3 aromatic rings. The summed E-state index contributed by atoms with van der Waals surface area (Å²) < 4.78 is 0. The maximum Gasteiger partial charge on any atom is 0.265 e. The summed E-state index contributed by atoms with van der Waals surface area (Å²) in [7, 11) is 0. The van der Waals surface area contributed by atoms with Gasteiger partial charge in [0.2, 0.25) is 0 Å². The molecule has 0 saturated carbocycles. The average Bonchev–Trinajstić information content (AvgIpc) is 3.23. The van der Waals surface area contributed by atoms with Gasteiger partial charge in [0.1, 0.15) is 0 Å². The van der Waals surface area contributed by atoms with Crippen LogP contribution in [0.3, 0.4) is 0 Å². The molecule has 0 atom stereocenters. The summed E-state index contributed by atoms with van der Waals surface area (Å²) in [6.45, 7) is 1.94. The smallest absolute Gasteiger partial charge is 0.265 e. The first-order valence-corrected chi connectivity index (χ1v) is 8.70. The fourth-order valence-corrected chi connectivity index (χ4v) is 3.29. The molecule has 0 radical (unpaired) electrons. The predicted octanol–water partition coefficient (Wildman–Crippen LogP) is 4.62. The van der Waals surface area contributed by atoms with E-state index < -0.39 is 0 Å². The van der Waals surface area contributed by atoms with Crippen molar-refractivity contribution in [3.05, 3.63) is 68.5 Å². The lowest BCUT2D eigenvalue weighted by Crippen LogP contribution is -2.15. The molecule has 0 aliphatic heterocycles. The minimum atomic E-state index is -0.185. The molecule has 0 fully saturated rings. The van der Waals surface area contributed by atoms with Gasteiger partial charge in [-0.15, -0.1) is 22.7 Å². The molecule has 23 heavy (non-hydrogen) atoms. The van der Waals surface area contributed by atoms with Gasteiger partial charge in [-0.1, -0.05) is 18.2 Å². The normalized spacial score (nSPS) is 10.3. The molecule has 0 spiro atoms. The van der Waals surface area contributed by atoms with E-state index in [-0.39, 0.29) is 11.8 Å². The van der Waals surface area contributed by atoms with Crippen molar-refractivity contribution in [1.82, 2.24) is 0 Å². The number of carbonyl (C=O) groups is 2. The van der Waals surface area contributed by atoms with E-state index in [1.165, 1.54) is 22.7 Å². The summed E-state index contributed by atoms with van der Waals surface area (Å²) in [6.07, 6.45) is 0. The summed E-state index contributed by atoms with van der Waals surface area (Å²) in [4.78, 5) is 25.7. The fraction of sp³-hybridized carbons (Fsp3) is 0.0588. The van der Waals surface area contributed by atoms with Crippen LogP contribution in [0.4, 0.5) is 11.4 Å². The number of nitrogens with one attached hydrogen (secondary N) is 2. The van der Waals surface area contributed by atoms with Crippen LogP contribution in [0.15, 0.2) is 53.2 Å². The Kier molecular flexibility index (Phi) is 4.55. The van der Waals surface area contributed by atoms with Crippen molar-refractivity contribution in [1.29, 1.82) is 0 Å². The monoisotopic (exact) mass is 342 g/mol. The third kappa shape index (κ3) is 3.67. The molecule has 6 heteroatoms. The number of aryl methyl sites for hydroxylation is 1. The number of anilines is 2. The third-order valence-corrected chi connectivity index (χ3v) is 4.90. The highest BCUT2D eigenvalue weighted by Gasteiger charge is 2.13. The molecule has 0 bridgehead atoms. The van der Waals surface area contributed by atoms with Gasteiger partial charge >= 0.3 is 0 Å². The zero-order valence-electron chi connectivity index (χ0n) is 12.3. The summed E-state index contributed by atoms with van der Waals surface area (Å²) in [6, 6.07) is 12.7. The number of hydrogen-bond acceptors (Lipinski definition) is 4. The third-order valence-electron chi connectivity index (χ3n) is 3.16. The van der Waals surface area contributed by atoms with Crippen LogP contribution >= 0.6 is 22.7 Å². The van der Waals surface area contributed by atoms with Crippen molar-refractivity contribution in [3.63, 3.8) is 0 Å². The zero-order valence-corrected chi connectivity index (χ0v) is 14.0. The van der Waals surface area contributed by atoms with Gasteiger partial charge in [0.05, 0.1) is 21.1 Å².